The maximum atomic E-state index is 12.5. The fourth-order valence-electron chi connectivity index (χ4n) is 3.42. The van der Waals surface area contributed by atoms with Gasteiger partial charge in [-0.25, -0.2) is 0 Å². The minimum atomic E-state index is -0.183. The van der Waals surface area contributed by atoms with Crippen LogP contribution in [0.25, 0.3) is 10.8 Å². The molecule has 0 fully saturated rings. The van der Waals surface area contributed by atoms with E-state index in [2.05, 4.69) is 40.7 Å². The zero-order valence-corrected chi connectivity index (χ0v) is 15.6. The van der Waals surface area contributed by atoms with E-state index < -0.39 is 0 Å². The summed E-state index contributed by atoms with van der Waals surface area (Å²) in [4.78, 5) is 12.5. The number of furan rings is 1. The van der Waals surface area contributed by atoms with Gasteiger partial charge in [0.05, 0.1) is 35.4 Å². The van der Waals surface area contributed by atoms with Crippen molar-refractivity contribution >= 4 is 22.4 Å². The molecule has 1 N–H and O–H groups in total. The molecule has 0 saturated heterocycles. The van der Waals surface area contributed by atoms with Crippen LogP contribution in [0.4, 0.5) is 5.69 Å². The molecule has 0 aliphatic heterocycles. The number of carbonyl (C=O) groups excluding carboxylic acids is 1. The Bertz CT molecular complexity index is 1130. The smallest absolute Gasteiger partial charge is 0.259 e. The molecular weight excluding hydrogens is 338 g/mol. The van der Waals surface area contributed by atoms with Gasteiger partial charge in [0.15, 0.2) is 0 Å². The van der Waals surface area contributed by atoms with Gasteiger partial charge in [0.2, 0.25) is 0 Å². The Hall–Kier alpha value is -3.34. The minimum absolute atomic E-state index is 0.183. The first-order chi connectivity index (χ1) is 13.0. The van der Waals surface area contributed by atoms with E-state index in [0.29, 0.717) is 17.9 Å². The fraction of sp³-hybridized carbons (Fsp3) is 0.182. The summed E-state index contributed by atoms with van der Waals surface area (Å²) in [6.07, 6.45) is 1.52. The van der Waals surface area contributed by atoms with E-state index in [4.69, 9.17) is 4.42 Å². The summed E-state index contributed by atoms with van der Waals surface area (Å²) in [5.74, 6) is 0.420. The van der Waals surface area contributed by atoms with E-state index >= 15 is 0 Å². The quantitative estimate of drug-likeness (QED) is 0.566. The average molecular weight is 359 g/mol. The summed E-state index contributed by atoms with van der Waals surface area (Å²) in [6, 6.07) is 16.3. The lowest BCUT2D eigenvalue weighted by molar-refractivity contribution is 0.102. The third kappa shape index (κ3) is 3.12. The maximum Gasteiger partial charge on any atom is 0.259 e. The third-order valence-electron chi connectivity index (χ3n) is 4.92. The number of nitrogens with zero attached hydrogens (tertiary/aromatic N) is 2. The third-order valence-corrected chi connectivity index (χ3v) is 4.92. The number of fused-ring (bicyclic) bond motifs is 1. The second-order valence-corrected chi connectivity index (χ2v) is 6.69. The molecule has 0 radical (unpaired) electrons. The Labute approximate surface area is 157 Å². The van der Waals surface area contributed by atoms with E-state index in [1.165, 1.54) is 22.6 Å². The monoisotopic (exact) mass is 359 g/mol. The Morgan fingerprint density at radius 2 is 1.85 bits per heavy atom. The molecule has 1 amide bonds. The van der Waals surface area contributed by atoms with Crippen molar-refractivity contribution in [2.75, 3.05) is 5.32 Å². The molecule has 136 valence electrons. The van der Waals surface area contributed by atoms with Gasteiger partial charge in [-0.1, -0.05) is 42.5 Å². The minimum Gasteiger partial charge on any atom is -0.469 e. The molecule has 2 heterocycles. The summed E-state index contributed by atoms with van der Waals surface area (Å²) in [5.41, 5.74) is 4.20. The zero-order chi connectivity index (χ0) is 19.0. The van der Waals surface area contributed by atoms with Crippen molar-refractivity contribution in [1.29, 1.82) is 0 Å². The van der Waals surface area contributed by atoms with Gasteiger partial charge in [-0.3, -0.25) is 9.48 Å². The number of aromatic nitrogens is 2. The van der Waals surface area contributed by atoms with Crippen molar-refractivity contribution in [1.82, 2.24) is 9.78 Å². The molecule has 0 aliphatic rings. The van der Waals surface area contributed by atoms with E-state index in [1.807, 2.05) is 30.7 Å². The highest BCUT2D eigenvalue weighted by Gasteiger charge is 2.18. The van der Waals surface area contributed by atoms with Crippen LogP contribution in [0.3, 0.4) is 0 Å². The number of benzene rings is 2. The number of aryl methyl sites for hydroxylation is 2. The van der Waals surface area contributed by atoms with Crippen LogP contribution in [-0.2, 0) is 6.54 Å². The van der Waals surface area contributed by atoms with Crippen LogP contribution in [0, 0.1) is 20.8 Å². The van der Waals surface area contributed by atoms with Gasteiger partial charge in [0.1, 0.15) is 5.76 Å². The summed E-state index contributed by atoms with van der Waals surface area (Å²) in [7, 11) is 0. The van der Waals surface area contributed by atoms with E-state index in [1.54, 1.807) is 13.0 Å². The molecule has 2 aromatic heterocycles. The van der Waals surface area contributed by atoms with Gasteiger partial charge in [-0.15, -0.1) is 0 Å². The highest BCUT2D eigenvalue weighted by Crippen LogP contribution is 2.24. The van der Waals surface area contributed by atoms with Crippen LogP contribution in [0.15, 0.2) is 59.2 Å². The van der Waals surface area contributed by atoms with Gasteiger partial charge >= 0.3 is 0 Å². The Kier molecular flexibility index (Phi) is 4.28. The molecule has 4 aromatic rings. The van der Waals surface area contributed by atoms with Crippen molar-refractivity contribution in [2.45, 2.75) is 27.3 Å². The molecule has 27 heavy (non-hydrogen) atoms. The number of hydrogen-bond acceptors (Lipinski definition) is 3. The van der Waals surface area contributed by atoms with Crippen LogP contribution >= 0.6 is 0 Å². The fourth-order valence-corrected chi connectivity index (χ4v) is 3.42. The van der Waals surface area contributed by atoms with Crippen molar-refractivity contribution in [3.63, 3.8) is 0 Å². The molecule has 2 aromatic carbocycles. The van der Waals surface area contributed by atoms with Crippen molar-refractivity contribution in [3.8, 4) is 0 Å². The lowest BCUT2D eigenvalue weighted by Crippen LogP contribution is -2.13. The van der Waals surface area contributed by atoms with Crippen molar-refractivity contribution in [3.05, 3.63) is 83.1 Å². The number of carbonyl (C=O) groups is 1. The van der Waals surface area contributed by atoms with Crippen molar-refractivity contribution in [2.24, 2.45) is 0 Å². The van der Waals surface area contributed by atoms with Gasteiger partial charge in [-0.2, -0.15) is 5.10 Å². The van der Waals surface area contributed by atoms with E-state index in [0.717, 1.165) is 17.1 Å². The SMILES string of the molecule is Cc1nn(Cc2cccc3ccccc23)c(C)c1NC(=O)c1ccoc1C. The highest BCUT2D eigenvalue weighted by atomic mass is 16.3. The van der Waals surface area contributed by atoms with Crippen molar-refractivity contribution < 1.29 is 9.21 Å². The first-order valence-electron chi connectivity index (χ1n) is 8.90. The molecule has 0 atom stereocenters. The first kappa shape index (κ1) is 17.1. The molecule has 0 unspecified atom stereocenters. The van der Waals surface area contributed by atoms with Gasteiger partial charge < -0.3 is 9.73 Å². The lowest BCUT2D eigenvalue weighted by Gasteiger charge is -2.09. The maximum absolute atomic E-state index is 12.5. The summed E-state index contributed by atoms with van der Waals surface area (Å²) < 4.78 is 7.17. The summed E-state index contributed by atoms with van der Waals surface area (Å²) >= 11 is 0. The van der Waals surface area contributed by atoms with Crippen LogP contribution in [0.5, 0.6) is 0 Å². The predicted molar refractivity (Wildman–Crippen MR) is 106 cm³/mol. The van der Waals surface area contributed by atoms with Gasteiger partial charge in [0, 0.05) is 0 Å². The topological polar surface area (TPSA) is 60.1 Å². The number of anilines is 1. The van der Waals surface area contributed by atoms with Crippen LogP contribution < -0.4 is 5.32 Å². The number of amides is 1. The van der Waals surface area contributed by atoms with Crippen LogP contribution in [-0.4, -0.2) is 15.7 Å². The average Bonchev–Trinajstić information content (AvgIpc) is 3.20. The second-order valence-electron chi connectivity index (χ2n) is 6.69. The summed E-state index contributed by atoms with van der Waals surface area (Å²) in [6.45, 7) is 6.31. The predicted octanol–water partition coefficient (Wildman–Crippen LogP) is 4.86. The number of rotatable bonds is 4. The normalized spacial score (nSPS) is 11.1. The molecule has 0 bridgehead atoms. The Morgan fingerprint density at radius 1 is 1.07 bits per heavy atom. The first-order valence-corrected chi connectivity index (χ1v) is 8.90. The molecule has 0 spiro atoms. The molecule has 5 heteroatoms. The Morgan fingerprint density at radius 3 is 2.63 bits per heavy atom. The lowest BCUT2D eigenvalue weighted by atomic mass is 10.0. The largest absolute Gasteiger partial charge is 0.469 e. The number of hydrogen-bond donors (Lipinski definition) is 1. The zero-order valence-electron chi connectivity index (χ0n) is 15.6. The molecule has 0 aliphatic carbocycles. The van der Waals surface area contributed by atoms with Gasteiger partial charge in [-0.05, 0) is 43.2 Å². The molecule has 0 saturated carbocycles. The molecule has 5 nitrogen and oxygen atoms in total. The van der Waals surface area contributed by atoms with E-state index in [-0.39, 0.29) is 5.91 Å². The molecular formula is C22H21N3O2. The molecule has 4 rings (SSSR count). The standard InChI is InChI=1S/C22H21N3O2/c1-14-21(23-22(26)19-11-12-27-16(19)3)15(2)25(24-14)13-18-9-6-8-17-7-4-5-10-20(17)18/h4-12H,13H2,1-3H3,(H,23,26). The van der Waals surface area contributed by atoms with Crippen LogP contribution in [0.2, 0.25) is 0 Å². The Balaban J connectivity index is 1.65. The van der Waals surface area contributed by atoms with Crippen LogP contribution in [0.1, 0.15) is 33.1 Å². The number of nitrogens with one attached hydrogen (secondary N) is 1. The highest BCUT2D eigenvalue weighted by molar-refractivity contribution is 6.05. The summed E-state index contributed by atoms with van der Waals surface area (Å²) in [5, 5.41) is 10.1. The van der Waals surface area contributed by atoms with Gasteiger partial charge in [0.25, 0.3) is 5.91 Å². The van der Waals surface area contributed by atoms with E-state index in [9.17, 15) is 4.79 Å². The second kappa shape index (κ2) is 6.76.